The maximum atomic E-state index is 14.5. The Hall–Kier alpha value is -13.7. The molecule has 0 aliphatic heterocycles. The first-order valence-electron chi connectivity index (χ1n) is 44.4. The minimum absolute atomic E-state index is 0.00357. The second kappa shape index (κ2) is 68.3. The Labute approximate surface area is 826 Å². The minimum Gasteiger partial charge on any atom is -0.481 e. The number of nitrogens with two attached hydrogens (primary N) is 5. The van der Waals surface area contributed by atoms with E-state index in [1.165, 1.54) is 18.7 Å². The quantitative estimate of drug-likeness (QED) is 0.0125. The molecule has 40 N–H and O–H groups in total. The van der Waals surface area contributed by atoms with Gasteiger partial charge in [0.15, 0.2) is 17.9 Å². The number of aliphatic hydroxyl groups excluding tert-OH is 3. The summed E-state index contributed by atoms with van der Waals surface area (Å²) in [5.74, 6) is -26.9. The van der Waals surface area contributed by atoms with Crippen LogP contribution in [0.25, 0.3) is 0 Å². The lowest BCUT2D eigenvalue weighted by atomic mass is 9.97. The number of aliphatic carboxylic acids is 2. The Kier molecular flexibility index (Phi) is 60.7. The van der Waals surface area contributed by atoms with Gasteiger partial charge in [-0.3, -0.25) is 117 Å². The molecule has 0 fully saturated rings. The number of aliphatic hydroxyl groups is 3. The molecule has 20 amide bonds. The second-order valence-electron chi connectivity index (χ2n) is 32.2. The average molecular weight is 2060 g/mol. The number of amides is 20. The van der Waals surface area contributed by atoms with Crippen molar-refractivity contribution < 1.29 is 131 Å². The van der Waals surface area contributed by atoms with Crippen molar-refractivity contribution in [1.82, 2.24) is 117 Å². The largest absolute Gasteiger partial charge is 0.481 e. The van der Waals surface area contributed by atoms with Crippen molar-refractivity contribution in [1.29, 1.82) is 16.2 Å². The van der Waals surface area contributed by atoms with Crippen molar-refractivity contribution in [3.63, 3.8) is 0 Å². The van der Waals surface area contributed by atoms with Gasteiger partial charge in [0.05, 0.1) is 65.0 Å². The van der Waals surface area contributed by atoms with Gasteiger partial charge in [-0.2, -0.15) is 37.0 Å². The van der Waals surface area contributed by atoms with Gasteiger partial charge < -0.3 is 171 Å². The topological polar surface area (TPSA) is 943 Å². The number of benzene rings is 1. The zero-order valence-electron chi connectivity index (χ0n) is 78.7. The lowest BCUT2D eigenvalue weighted by Crippen LogP contribution is -2.60. The molecule has 16 atom stereocenters. The third kappa shape index (κ3) is 52.2. The molecule has 0 heterocycles. The fraction of sp³-hybridized carbons (Fsp3) is 0.617. The van der Waals surface area contributed by atoms with E-state index in [0.29, 0.717) is 5.56 Å². The van der Waals surface area contributed by atoms with E-state index in [2.05, 4.69) is 142 Å². The SMILES string of the molecule is CC[C@H](C)[C@H](NC(=O)[C@H](CCCNC(=N)N)NC(=O)[C@H](CC(=O)O)NC(=O)[C@H](CCSC)NC(=O)[C@H](CCCNC(=N)N)NC(=O)CNC(=O)CNC(=O)[C@H](Cc1ccccc1)NC(=O)[C@H](CS)NC(=O)[C@H](CO)NC(=O)[C@H](CO)NC(=O)[C@@H](N)CCCNC(=N)N)C(=O)NCC(=O)N[C@@H](C)C(=O)N[C@@H](CCC(N)=O)C(=O)N[C@@H](CO)C(=O)NCC(=O)N[C@@H](CC(C)C)C(=O)NCC(=O)N[C@@H](CS)C(=O)O. The van der Waals surface area contributed by atoms with Gasteiger partial charge in [0, 0.05) is 44.0 Å². The maximum absolute atomic E-state index is 14.5. The van der Waals surface area contributed by atoms with E-state index in [1.54, 1.807) is 57.4 Å². The van der Waals surface area contributed by atoms with E-state index in [1.807, 2.05) is 0 Å². The molecule has 0 radical (unpaired) electrons. The number of primary amides is 1. The third-order valence-electron chi connectivity index (χ3n) is 20.2. The summed E-state index contributed by atoms with van der Waals surface area (Å²) in [6.45, 7) is 0.428. The van der Waals surface area contributed by atoms with Gasteiger partial charge in [-0.15, -0.1) is 0 Å². The normalized spacial score (nSPS) is 14.2. The summed E-state index contributed by atoms with van der Waals surface area (Å²) in [7, 11) is 0. The molecule has 0 aliphatic carbocycles. The molecule has 0 aliphatic rings. The van der Waals surface area contributed by atoms with Gasteiger partial charge in [-0.05, 0) is 94.1 Å². The van der Waals surface area contributed by atoms with E-state index >= 15 is 0 Å². The fourth-order valence-electron chi connectivity index (χ4n) is 12.4. The van der Waals surface area contributed by atoms with Crippen LogP contribution in [0.5, 0.6) is 0 Å². The Morgan fingerprint density at radius 1 is 0.376 bits per heavy atom. The zero-order valence-corrected chi connectivity index (χ0v) is 81.3. The standard InChI is InChI=1S/C81H136N30O27S3/c1-7-40(4)63(77(136)97-31-58(117)98-41(5)64(123)102-46(19-20-56(83)115)70(129)108-51(34-112)68(127)96-32-60(119)100-48(26-39(2)3)66(125)95-33-61(120)101-55(38-140)78(137)138)111-72(131)45(18-13-24-92-81(88)89)103-73(132)50(28-62(121)122)106-71(130)47(21-25-141-6)104-69(128)44(17-12-23-91-80(86)87)99-59(118)30-93-57(116)29-94-67(126)49(27-42-14-9-8-10-15-42)105-76(135)54(37-139)110-75(134)53(36-114)109-74(133)52(35-113)107-65(124)43(82)16-11-22-90-79(84)85/h8-10,14-15,39-41,43-55,63,112-114,139-140H,7,11-13,16-38,82H2,1-6H3,(H2,83,115)(H,93,116)(H,94,126)(H,95,125)(H,96,127)(H,97,136)(H,98,117)(H,99,118)(H,100,119)(H,101,120)(H,102,123)(H,103,132)(H,104,128)(H,105,135)(H,106,130)(H,107,124)(H,108,129)(H,109,133)(H,110,134)(H,111,131)(H,121,122)(H,137,138)(H4,84,85,90)(H4,86,87,91)(H4,88,89,92)/t40-,41-,43-,44-,45-,46-,47-,48-,49-,50-,51-,52-,53-,54-,55-,63-/m0/s1. The van der Waals surface area contributed by atoms with E-state index < -0.39 is 316 Å². The van der Waals surface area contributed by atoms with E-state index in [4.69, 9.17) is 44.9 Å². The van der Waals surface area contributed by atoms with E-state index in [-0.39, 0.29) is 107 Å². The molecule has 1 aromatic rings. The number of hydrogen-bond donors (Lipinski definition) is 37. The molecule has 57 nitrogen and oxygen atoms in total. The van der Waals surface area contributed by atoms with Crippen LogP contribution in [0.3, 0.4) is 0 Å². The number of hydrogen-bond acceptors (Lipinski definition) is 32. The highest BCUT2D eigenvalue weighted by Crippen LogP contribution is 2.14. The number of carbonyl (C=O) groups excluding carboxylic acids is 20. The van der Waals surface area contributed by atoms with E-state index in [0.717, 1.165) is 6.92 Å². The van der Waals surface area contributed by atoms with Gasteiger partial charge in [0.1, 0.15) is 84.6 Å². The Morgan fingerprint density at radius 3 is 1.18 bits per heavy atom. The first kappa shape index (κ1) is 125. The fourth-order valence-corrected chi connectivity index (χ4v) is 13.3. The molecule has 141 heavy (non-hydrogen) atoms. The number of guanidine groups is 3. The molecule has 0 saturated heterocycles. The summed E-state index contributed by atoms with van der Waals surface area (Å²) >= 11 is 9.20. The van der Waals surface area contributed by atoms with Crippen LogP contribution < -0.4 is 146 Å². The second-order valence-corrected chi connectivity index (χ2v) is 33.9. The molecular formula is C81H136N30O27S3. The molecular weight excluding hydrogens is 1920 g/mol. The Bertz CT molecular complexity index is 4440. The molecule has 1 rings (SSSR count). The molecule has 0 aromatic heterocycles. The number of carboxylic acids is 2. The van der Waals surface area contributed by atoms with Gasteiger partial charge in [-0.25, -0.2) is 4.79 Å². The maximum Gasteiger partial charge on any atom is 0.327 e. The monoisotopic (exact) mass is 2060 g/mol. The minimum atomic E-state index is -2.04. The number of nitrogens with one attached hydrogen (secondary N) is 25. The van der Waals surface area contributed by atoms with Crippen LogP contribution in [0.15, 0.2) is 30.3 Å². The predicted octanol–water partition coefficient (Wildman–Crippen LogP) is -14.8. The van der Waals surface area contributed by atoms with Crippen LogP contribution >= 0.6 is 37.0 Å². The molecule has 0 bridgehead atoms. The highest BCUT2D eigenvalue weighted by Gasteiger charge is 2.39. The Balaban J connectivity index is 3.39. The Morgan fingerprint density at radius 2 is 0.730 bits per heavy atom. The average Bonchev–Trinajstić information content (AvgIpc) is 0.849. The zero-order chi connectivity index (χ0) is 107. The molecule has 60 heteroatoms. The third-order valence-corrected chi connectivity index (χ3v) is 21.6. The smallest absolute Gasteiger partial charge is 0.327 e. The predicted molar refractivity (Wildman–Crippen MR) is 513 cm³/mol. The van der Waals surface area contributed by atoms with Gasteiger partial charge in [0.25, 0.3) is 0 Å². The van der Waals surface area contributed by atoms with Crippen LogP contribution in [-0.2, 0) is 112 Å². The number of rotatable bonds is 70. The van der Waals surface area contributed by atoms with Crippen molar-refractivity contribution in [3.05, 3.63) is 35.9 Å². The van der Waals surface area contributed by atoms with Crippen molar-refractivity contribution in [2.75, 3.05) is 95.7 Å². The molecule has 1 aromatic carbocycles. The molecule has 0 unspecified atom stereocenters. The van der Waals surface area contributed by atoms with Gasteiger partial charge >= 0.3 is 11.9 Å². The van der Waals surface area contributed by atoms with Crippen LogP contribution in [0.4, 0.5) is 0 Å². The lowest BCUT2D eigenvalue weighted by molar-refractivity contribution is -0.142. The highest BCUT2D eigenvalue weighted by atomic mass is 32.2. The summed E-state index contributed by atoms with van der Waals surface area (Å²) < 4.78 is 0. The first-order chi connectivity index (χ1) is 66.5. The number of carboxylic acid groups (broad SMARTS) is 2. The summed E-state index contributed by atoms with van der Waals surface area (Å²) in [4.78, 5) is 294. The number of thioether (sulfide) groups is 1. The molecule has 0 saturated carbocycles. The van der Waals surface area contributed by atoms with Crippen LogP contribution in [0.2, 0.25) is 0 Å². The van der Waals surface area contributed by atoms with Crippen molar-refractivity contribution in [3.8, 4) is 0 Å². The van der Waals surface area contributed by atoms with Crippen molar-refractivity contribution >= 4 is 185 Å². The van der Waals surface area contributed by atoms with Crippen molar-refractivity contribution in [2.24, 2.45) is 40.5 Å². The van der Waals surface area contributed by atoms with Crippen LogP contribution in [-0.4, -0.2) is 360 Å². The summed E-state index contributed by atoms with van der Waals surface area (Å²) in [6.07, 6.45) is -1.18. The summed E-state index contributed by atoms with van der Waals surface area (Å²) in [5, 5.41) is 123. The van der Waals surface area contributed by atoms with Crippen molar-refractivity contribution in [2.45, 2.75) is 209 Å². The highest BCUT2D eigenvalue weighted by molar-refractivity contribution is 7.98. The summed E-state index contributed by atoms with van der Waals surface area (Å²) in [6, 6.07) is -15.8. The number of carbonyl (C=O) groups is 22. The van der Waals surface area contributed by atoms with Crippen LogP contribution in [0, 0.1) is 28.1 Å². The number of thiol groups is 2. The molecule has 0 spiro atoms. The summed E-state index contributed by atoms with van der Waals surface area (Å²) in [5.41, 5.74) is 27.9. The van der Waals surface area contributed by atoms with Gasteiger partial charge in [0.2, 0.25) is 118 Å². The van der Waals surface area contributed by atoms with Crippen LogP contribution in [0.1, 0.15) is 117 Å². The van der Waals surface area contributed by atoms with Gasteiger partial charge in [-0.1, -0.05) is 64.4 Å². The first-order valence-corrected chi connectivity index (χ1v) is 47.0. The van der Waals surface area contributed by atoms with E-state index in [9.17, 15) is 131 Å². The molecule has 790 valence electrons. The lowest BCUT2D eigenvalue weighted by Gasteiger charge is -2.28.